The highest BCUT2D eigenvalue weighted by Crippen LogP contribution is 2.15. The third-order valence-electron chi connectivity index (χ3n) is 1.99. The van der Waals surface area contributed by atoms with E-state index in [4.69, 9.17) is 15.2 Å². The fourth-order valence-electron chi connectivity index (χ4n) is 0.945. The van der Waals surface area contributed by atoms with Crippen LogP contribution >= 0.6 is 0 Å². The third-order valence-corrected chi connectivity index (χ3v) is 1.99. The van der Waals surface area contributed by atoms with Crippen molar-refractivity contribution in [3.05, 3.63) is 0 Å². The van der Waals surface area contributed by atoms with Gasteiger partial charge in [0.15, 0.2) is 0 Å². The van der Waals surface area contributed by atoms with Gasteiger partial charge in [0.1, 0.15) is 12.3 Å². The lowest BCUT2D eigenvalue weighted by Crippen LogP contribution is -2.37. The SMILES string of the molecule is COC(=O)COC(C)(C)CCOC(C)(C)N. The van der Waals surface area contributed by atoms with E-state index in [2.05, 4.69) is 4.74 Å². The van der Waals surface area contributed by atoms with E-state index in [1.165, 1.54) is 7.11 Å². The van der Waals surface area contributed by atoms with Crippen molar-refractivity contribution in [3.8, 4) is 0 Å². The quantitative estimate of drug-likeness (QED) is 0.526. The van der Waals surface area contributed by atoms with Crippen LogP contribution in [-0.4, -0.2) is 37.6 Å². The number of hydrogen-bond donors (Lipinski definition) is 1. The van der Waals surface area contributed by atoms with Crippen LogP contribution in [0.2, 0.25) is 0 Å². The fraction of sp³-hybridized carbons (Fsp3) is 0.909. The molecule has 0 bridgehead atoms. The number of carbonyl (C=O) groups excluding carboxylic acids is 1. The normalized spacial score (nSPS) is 12.6. The van der Waals surface area contributed by atoms with E-state index in [1.807, 2.05) is 13.8 Å². The molecule has 5 nitrogen and oxygen atoms in total. The van der Waals surface area contributed by atoms with Crippen LogP contribution in [0.15, 0.2) is 0 Å². The van der Waals surface area contributed by atoms with Gasteiger partial charge in [-0.25, -0.2) is 4.79 Å². The summed E-state index contributed by atoms with van der Waals surface area (Å²) in [5, 5.41) is 0. The highest BCUT2D eigenvalue weighted by Gasteiger charge is 2.21. The maximum Gasteiger partial charge on any atom is 0.331 e. The molecule has 0 aromatic rings. The molecule has 0 atom stereocenters. The van der Waals surface area contributed by atoms with Gasteiger partial charge in [-0.3, -0.25) is 0 Å². The second-order valence-corrected chi connectivity index (χ2v) is 4.83. The van der Waals surface area contributed by atoms with Crippen LogP contribution in [0.5, 0.6) is 0 Å². The Morgan fingerprint density at radius 3 is 2.19 bits per heavy atom. The van der Waals surface area contributed by atoms with Crippen LogP contribution in [0.4, 0.5) is 0 Å². The van der Waals surface area contributed by atoms with E-state index in [1.54, 1.807) is 13.8 Å². The van der Waals surface area contributed by atoms with Gasteiger partial charge in [-0.15, -0.1) is 0 Å². The summed E-state index contributed by atoms with van der Waals surface area (Å²) in [5.74, 6) is -0.381. The van der Waals surface area contributed by atoms with E-state index in [9.17, 15) is 4.79 Å². The maximum absolute atomic E-state index is 10.9. The summed E-state index contributed by atoms with van der Waals surface area (Å²) in [6.07, 6.45) is 0.657. The van der Waals surface area contributed by atoms with Gasteiger partial charge in [-0.1, -0.05) is 0 Å². The lowest BCUT2D eigenvalue weighted by molar-refractivity contribution is -0.153. The minimum absolute atomic E-state index is 0.0461. The number of nitrogens with two attached hydrogens (primary N) is 1. The topological polar surface area (TPSA) is 70.8 Å². The second-order valence-electron chi connectivity index (χ2n) is 4.83. The first-order valence-electron chi connectivity index (χ1n) is 5.30. The van der Waals surface area contributed by atoms with Crippen molar-refractivity contribution < 1.29 is 19.0 Å². The van der Waals surface area contributed by atoms with Crippen molar-refractivity contribution >= 4 is 5.97 Å². The Labute approximate surface area is 97.2 Å². The second kappa shape index (κ2) is 6.18. The lowest BCUT2D eigenvalue weighted by atomic mass is 10.1. The van der Waals surface area contributed by atoms with Gasteiger partial charge >= 0.3 is 5.97 Å². The molecule has 0 unspecified atom stereocenters. The van der Waals surface area contributed by atoms with E-state index >= 15 is 0 Å². The lowest BCUT2D eigenvalue weighted by Gasteiger charge is -2.27. The molecule has 0 radical (unpaired) electrons. The van der Waals surface area contributed by atoms with E-state index in [0.717, 1.165) is 0 Å². The Balaban J connectivity index is 3.82. The van der Waals surface area contributed by atoms with Crippen LogP contribution in [0.25, 0.3) is 0 Å². The largest absolute Gasteiger partial charge is 0.467 e. The first kappa shape index (κ1) is 15.3. The number of methoxy groups -OCH3 is 1. The Morgan fingerprint density at radius 1 is 1.19 bits per heavy atom. The van der Waals surface area contributed by atoms with E-state index < -0.39 is 11.3 Å². The van der Waals surface area contributed by atoms with Gasteiger partial charge in [-0.2, -0.15) is 0 Å². The number of carbonyl (C=O) groups is 1. The standard InChI is InChI=1S/C11H23NO4/c1-10(2,16-8-9(13)14-5)6-7-15-11(3,4)12/h6-8,12H2,1-5H3. The smallest absolute Gasteiger partial charge is 0.331 e. The monoisotopic (exact) mass is 233 g/mol. The van der Waals surface area contributed by atoms with Crippen molar-refractivity contribution in [3.63, 3.8) is 0 Å². The molecular weight excluding hydrogens is 210 g/mol. The molecule has 96 valence electrons. The average molecular weight is 233 g/mol. The first-order chi connectivity index (χ1) is 7.16. The summed E-state index contributed by atoms with van der Waals surface area (Å²) in [5.41, 5.74) is 4.60. The summed E-state index contributed by atoms with van der Waals surface area (Å²) in [4.78, 5) is 10.9. The zero-order chi connectivity index (χ0) is 12.8. The highest BCUT2D eigenvalue weighted by molar-refractivity contribution is 5.70. The summed E-state index contributed by atoms with van der Waals surface area (Å²) in [7, 11) is 1.33. The van der Waals surface area contributed by atoms with Crippen molar-refractivity contribution in [1.82, 2.24) is 0 Å². The van der Waals surface area contributed by atoms with Crippen molar-refractivity contribution in [1.29, 1.82) is 0 Å². The molecule has 2 N–H and O–H groups in total. The molecule has 0 aromatic heterocycles. The summed E-state index contributed by atoms with van der Waals surface area (Å²) < 4.78 is 15.3. The van der Waals surface area contributed by atoms with Crippen LogP contribution in [0.3, 0.4) is 0 Å². The molecule has 5 heteroatoms. The average Bonchev–Trinajstić information content (AvgIpc) is 2.12. The molecular formula is C11H23NO4. The van der Waals surface area contributed by atoms with Crippen LogP contribution in [0.1, 0.15) is 34.1 Å². The zero-order valence-electron chi connectivity index (χ0n) is 10.8. The van der Waals surface area contributed by atoms with Gasteiger partial charge in [-0.05, 0) is 34.1 Å². The van der Waals surface area contributed by atoms with Crippen LogP contribution < -0.4 is 5.73 Å². The molecule has 0 rings (SSSR count). The van der Waals surface area contributed by atoms with E-state index in [-0.39, 0.29) is 12.6 Å². The molecule has 0 aliphatic rings. The Morgan fingerprint density at radius 2 is 1.75 bits per heavy atom. The van der Waals surface area contributed by atoms with Crippen LogP contribution in [-0.2, 0) is 19.0 Å². The predicted molar refractivity (Wildman–Crippen MR) is 60.9 cm³/mol. The highest BCUT2D eigenvalue weighted by atomic mass is 16.6. The third kappa shape index (κ3) is 8.64. The number of esters is 1. The first-order valence-corrected chi connectivity index (χ1v) is 5.30. The molecule has 0 spiro atoms. The molecule has 0 saturated carbocycles. The van der Waals surface area contributed by atoms with Gasteiger partial charge in [0.25, 0.3) is 0 Å². The molecule has 16 heavy (non-hydrogen) atoms. The van der Waals surface area contributed by atoms with Crippen molar-refractivity contribution in [2.75, 3.05) is 20.3 Å². The Kier molecular flexibility index (Phi) is 5.92. The van der Waals surface area contributed by atoms with Gasteiger partial charge in [0, 0.05) is 0 Å². The summed E-state index contributed by atoms with van der Waals surface area (Å²) >= 11 is 0. The molecule has 0 fully saturated rings. The molecule has 0 amide bonds. The van der Waals surface area contributed by atoms with Gasteiger partial charge < -0.3 is 19.9 Å². The minimum Gasteiger partial charge on any atom is -0.467 e. The predicted octanol–water partition coefficient (Wildman–Crippen LogP) is 1.06. The Bertz CT molecular complexity index is 221. The molecule has 0 aliphatic heterocycles. The summed E-state index contributed by atoms with van der Waals surface area (Å²) in [6.45, 7) is 7.80. The summed E-state index contributed by atoms with van der Waals surface area (Å²) in [6, 6.07) is 0. The number of ether oxygens (including phenoxy) is 3. The maximum atomic E-state index is 10.9. The zero-order valence-corrected chi connectivity index (χ0v) is 10.8. The Hall–Kier alpha value is -0.650. The van der Waals surface area contributed by atoms with Gasteiger partial charge in [0.2, 0.25) is 0 Å². The molecule has 0 aromatic carbocycles. The van der Waals surface area contributed by atoms with Crippen molar-refractivity contribution in [2.24, 2.45) is 5.73 Å². The van der Waals surface area contributed by atoms with Gasteiger partial charge in [0.05, 0.1) is 19.3 Å². The number of rotatable bonds is 7. The molecule has 0 saturated heterocycles. The fourth-order valence-corrected chi connectivity index (χ4v) is 0.945. The molecule has 0 heterocycles. The number of hydrogen-bond acceptors (Lipinski definition) is 5. The van der Waals surface area contributed by atoms with E-state index in [0.29, 0.717) is 13.0 Å². The minimum atomic E-state index is -0.640. The van der Waals surface area contributed by atoms with Crippen LogP contribution in [0, 0.1) is 0 Å². The molecule has 0 aliphatic carbocycles. The van der Waals surface area contributed by atoms with Crippen molar-refractivity contribution in [2.45, 2.75) is 45.4 Å².